The van der Waals surface area contributed by atoms with Crippen molar-refractivity contribution in [2.75, 3.05) is 16.9 Å². The maximum atomic E-state index is 14.6. The number of carbonyl (C=O) groups is 2. The second-order valence-corrected chi connectivity index (χ2v) is 9.35. The van der Waals surface area contributed by atoms with Gasteiger partial charge in [0.15, 0.2) is 0 Å². The molecule has 0 saturated carbocycles. The summed E-state index contributed by atoms with van der Waals surface area (Å²) >= 11 is 0. The molecule has 0 radical (unpaired) electrons. The fraction of sp³-hybridized carbons (Fsp3) is 0.152. The molecule has 0 unspecified atom stereocenters. The lowest BCUT2D eigenvalue weighted by Crippen LogP contribution is -2.41. The molecular weight excluding hydrogens is 472 g/mol. The molecule has 1 atom stereocenters. The molecule has 5 rings (SSSR count). The third kappa shape index (κ3) is 4.48. The zero-order valence-corrected chi connectivity index (χ0v) is 21.6. The third-order valence-corrected chi connectivity index (χ3v) is 7.02. The van der Waals surface area contributed by atoms with E-state index in [2.05, 4.69) is 0 Å². The van der Waals surface area contributed by atoms with Gasteiger partial charge >= 0.3 is 0 Å². The lowest BCUT2D eigenvalue weighted by atomic mass is 9.74. The first-order chi connectivity index (χ1) is 18.6. The standard InChI is InChI=1S/C33H30N2O3/c1-25(36)34(23-26-13-5-3-6-14-26)30-19-11-9-17-28(30)33(21-22-38-2)29-18-10-12-20-31(29)35(32(33)37)24-27-15-7-4-8-16-27/h3-22H,23-24H2,1-2H3/b22-21+/t33-/m1/s1. The highest BCUT2D eigenvalue weighted by molar-refractivity contribution is 6.13. The molecule has 38 heavy (non-hydrogen) atoms. The maximum Gasteiger partial charge on any atom is 0.246 e. The molecule has 0 aliphatic carbocycles. The second kappa shape index (κ2) is 10.8. The fourth-order valence-corrected chi connectivity index (χ4v) is 5.26. The number of benzene rings is 4. The summed E-state index contributed by atoms with van der Waals surface area (Å²) in [7, 11) is 1.57. The third-order valence-electron chi connectivity index (χ3n) is 7.02. The van der Waals surface area contributed by atoms with Crippen LogP contribution >= 0.6 is 0 Å². The van der Waals surface area contributed by atoms with Crippen LogP contribution in [0.4, 0.5) is 11.4 Å². The molecule has 0 aromatic heterocycles. The van der Waals surface area contributed by atoms with Gasteiger partial charge in [0.2, 0.25) is 11.8 Å². The molecule has 5 heteroatoms. The Balaban J connectivity index is 1.70. The minimum Gasteiger partial charge on any atom is -0.505 e. The number of methoxy groups -OCH3 is 1. The predicted octanol–water partition coefficient (Wildman–Crippen LogP) is 6.23. The summed E-state index contributed by atoms with van der Waals surface area (Å²) in [6.45, 7) is 2.38. The van der Waals surface area contributed by atoms with Crippen molar-refractivity contribution in [2.45, 2.75) is 25.4 Å². The fourth-order valence-electron chi connectivity index (χ4n) is 5.26. The van der Waals surface area contributed by atoms with E-state index in [1.54, 1.807) is 25.2 Å². The molecule has 0 spiro atoms. The van der Waals surface area contributed by atoms with E-state index in [0.717, 1.165) is 27.9 Å². The molecule has 1 heterocycles. The SMILES string of the molecule is CO/C=C/[C@]1(c2ccccc2N(Cc2ccccc2)C(C)=O)C(=O)N(Cc2ccccc2)c2ccccc21. The summed E-state index contributed by atoms with van der Waals surface area (Å²) in [6, 6.07) is 35.4. The van der Waals surface area contributed by atoms with Crippen molar-refractivity contribution in [3.8, 4) is 0 Å². The van der Waals surface area contributed by atoms with Crippen molar-refractivity contribution in [3.05, 3.63) is 144 Å². The van der Waals surface area contributed by atoms with Crippen LogP contribution in [0.5, 0.6) is 0 Å². The quantitative estimate of drug-likeness (QED) is 0.268. The maximum absolute atomic E-state index is 14.6. The van der Waals surface area contributed by atoms with Gasteiger partial charge in [-0.05, 0) is 40.5 Å². The van der Waals surface area contributed by atoms with Gasteiger partial charge in [-0.25, -0.2) is 0 Å². The zero-order chi connectivity index (χ0) is 26.5. The Kier molecular flexibility index (Phi) is 7.09. The van der Waals surface area contributed by atoms with E-state index in [9.17, 15) is 9.59 Å². The van der Waals surface area contributed by atoms with Crippen LogP contribution in [0.1, 0.15) is 29.2 Å². The van der Waals surface area contributed by atoms with Crippen LogP contribution in [0.25, 0.3) is 0 Å². The van der Waals surface area contributed by atoms with Crippen LogP contribution in [0.15, 0.2) is 122 Å². The Hall–Kier alpha value is -4.64. The molecule has 4 aromatic rings. The monoisotopic (exact) mass is 502 g/mol. The molecule has 0 N–H and O–H groups in total. The molecular formula is C33H30N2O3. The highest BCUT2D eigenvalue weighted by Gasteiger charge is 2.52. The Labute approximate surface area is 223 Å². The summed E-state index contributed by atoms with van der Waals surface area (Å²) in [5, 5.41) is 0. The molecule has 0 bridgehead atoms. The molecule has 0 fully saturated rings. The van der Waals surface area contributed by atoms with Gasteiger partial charge < -0.3 is 14.5 Å². The normalized spacial score (nSPS) is 16.5. The lowest BCUT2D eigenvalue weighted by Gasteiger charge is -2.32. The highest BCUT2D eigenvalue weighted by atomic mass is 16.5. The number of anilines is 2. The van der Waals surface area contributed by atoms with Crippen LogP contribution < -0.4 is 9.80 Å². The highest BCUT2D eigenvalue weighted by Crippen LogP contribution is 2.50. The summed E-state index contributed by atoms with van der Waals surface area (Å²) < 4.78 is 5.38. The van der Waals surface area contributed by atoms with E-state index < -0.39 is 5.41 Å². The van der Waals surface area contributed by atoms with Crippen molar-refractivity contribution < 1.29 is 14.3 Å². The Bertz CT molecular complexity index is 1470. The van der Waals surface area contributed by atoms with Crippen LogP contribution in [-0.2, 0) is 32.8 Å². The van der Waals surface area contributed by atoms with Crippen molar-refractivity contribution in [2.24, 2.45) is 0 Å². The Morgan fingerprint density at radius 2 is 1.39 bits per heavy atom. The van der Waals surface area contributed by atoms with Crippen LogP contribution in [0, 0.1) is 0 Å². The summed E-state index contributed by atoms with van der Waals surface area (Å²) in [4.78, 5) is 31.2. The molecule has 5 nitrogen and oxygen atoms in total. The molecule has 4 aromatic carbocycles. The van der Waals surface area contributed by atoms with Gasteiger partial charge in [-0.1, -0.05) is 97.1 Å². The Morgan fingerprint density at radius 3 is 2.05 bits per heavy atom. The number of para-hydroxylation sites is 2. The van der Waals surface area contributed by atoms with Crippen molar-refractivity contribution in [3.63, 3.8) is 0 Å². The number of carbonyl (C=O) groups excluding carboxylic acids is 2. The van der Waals surface area contributed by atoms with Gasteiger partial charge in [0.1, 0.15) is 5.41 Å². The van der Waals surface area contributed by atoms with Crippen molar-refractivity contribution in [1.29, 1.82) is 0 Å². The van der Waals surface area contributed by atoms with Crippen molar-refractivity contribution >= 4 is 23.2 Å². The number of ether oxygens (including phenoxy) is 1. The average Bonchev–Trinajstić information content (AvgIpc) is 3.19. The minimum atomic E-state index is -1.18. The molecule has 2 amide bonds. The van der Waals surface area contributed by atoms with E-state index in [4.69, 9.17) is 4.74 Å². The molecule has 0 saturated heterocycles. The van der Waals surface area contributed by atoms with Gasteiger partial charge in [0.25, 0.3) is 0 Å². The second-order valence-electron chi connectivity index (χ2n) is 9.35. The minimum absolute atomic E-state index is 0.0912. The van der Waals surface area contributed by atoms with E-state index in [0.29, 0.717) is 18.8 Å². The first-order valence-corrected chi connectivity index (χ1v) is 12.6. The molecule has 1 aliphatic heterocycles. The average molecular weight is 503 g/mol. The number of nitrogens with zero attached hydrogens (tertiary/aromatic N) is 2. The lowest BCUT2D eigenvalue weighted by molar-refractivity contribution is -0.121. The van der Waals surface area contributed by atoms with E-state index in [1.807, 2.05) is 120 Å². The summed E-state index contributed by atoms with van der Waals surface area (Å²) in [5.41, 5.74) is 3.97. The van der Waals surface area contributed by atoms with Gasteiger partial charge in [-0.2, -0.15) is 0 Å². The first-order valence-electron chi connectivity index (χ1n) is 12.6. The van der Waals surface area contributed by atoms with Gasteiger partial charge in [0.05, 0.1) is 26.5 Å². The number of hydrogen-bond acceptors (Lipinski definition) is 3. The van der Waals surface area contributed by atoms with E-state index in [1.165, 1.54) is 0 Å². The van der Waals surface area contributed by atoms with E-state index >= 15 is 0 Å². The number of amides is 2. The van der Waals surface area contributed by atoms with Crippen molar-refractivity contribution in [1.82, 2.24) is 0 Å². The molecule has 190 valence electrons. The largest absolute Gasteiger partial charge is 0.505 e. The zero-order valence-electron chi connectivity index (χ0n) is 21.6. The first kappa shape index (κ1) is 25.0. The van der Waals surface area contributed by atoms with Gasteiger partial charge in [-0.15, -0.1) is 0 Å². The van der Waals surface area contributed by atoms with Gasteiger partial charge in [-0.3, -0.25) is 9.59 Å². The predicted molar refractivity (Wildman–Crippen MR) is 151 cm³/mol. The number of hydrogen-bond donors (Lipinski definition) is 0. The van der Waals surface area contributed by atoms with Crippen LogP contribution in [-0.4, -0.2) is 18.9 Å². The number of rotatable bonds is 8. The number of fused-ring (bicyclic) bond motifs is 1. The summed E-state index contributed by atoms with van der Waals surface area (Å²) in [5.74, 6) is -0.196. The van der Waals surface area contributed by atoms with E-state index in [-0.39, 0.29) is 11.8 Å². The smallest absolute Gasteiger partial charge is 0.246 e. The summed E-state index contributed by atoms with van der Waals surface area (Å²) in [6.07, 6.45) is 3.38. The molecule has 1 aliphatic rings. The topological polar surface area (TPSA) is 49.9 Å². The van der Waals surface area contributed by atoms with Crippen LogP contribution in [0.2, 0.25) is 0 Å². The Morgan fingerprint density at radius 1 is 0.816 bits per heavy atom. The van der Waals surface area contributed by atoms with Gasteiger partial charge in [0, 0.05) is 18.3 Å². The van der Waals surface area contributed by atoms with Crippen LogP contribution in [0.3, 0.4) is 0 Å².